The number of rotatable bonds is 2. The molecule has 3 N–H and O–H groups in total. The van der Waals surface area contributed by atoms with E-state index in [0.717, 1.165) is 5.75 Å². The molecule has 2 aromatic heterocycles. The van der Waals surface area contributed by atoms with Gasteiger partial charge in [0.25, 0.3) is 0 Å². The first-order chi connectivity index (χ1) is 8.29. The molecule has 0 unspecified atom stereocenters. The van der Waals surface area contributed by atoms with Crippen LogP contribution in [-0.2, 0) is 4.74 Å². The minimum atomic E-state index is -0.184. The molecule has 17 heavy (non-hydrogen) atoms. The highest BCUT2D eigenvalue weighted by Gasteiger charge is 2.28. The third-order valence-electron chi connectivity index (χ3n) is 2.58. The van der Waals surface area contributed by atoms with Gasteiger partial charge in [-0.2, -0.15) is 0 Å². The molecule has 7 nitrogen and oxygen atoms in total. The summed E-state index contributed by atoms with van der Waals surface area (Å²) in [4.78, 5) is 12.2. The Morgan fingerprint density at radius 2 is 2.41 bits per heavy atom. The van der Waals surface area contributed by atoms with Gasteiger partial charge < -0.3 is 15.6 Å². The summed E-state index contributed by atoms with van der Waals surface area (Å²) in [5.41, 5.74) is 6.76. The Morgan fingerprint density at radius 1 is 1.53 bits per heavy atom. The number of aliphatic hydroxyl groups excluding tert-OH is 1. The van der Waals surface area contributed by atoms with Gasteiger partial charge in [0, 0.05) is 5.75 Å². The van der Waals surface area contributed by atoms with Crippen molar-refractivity contribution in [2.45, 2.75) is 11.7 Å². The predicted octanol–water partition coefficient (Wildman–Crippen LogP) is -0.0111. The van der Waals surface area contributed by atoms with Crippen LogP contribution in [0.4, 0.5) is 5.82 Å². The molecule has 3 heterocycles. The highest BCUT2D eigenvalue weighted by molar-refractivity contribution is 8.00. The van der Waals surface area contributed by atoms with Crippen molar-refractivity contribution in [3.8, 4) is 0 Å². The number of anilines is 1. The molecule has 1 fully saturated rings. The first-order valence-electron chi connectivity index (χ1n) is 5.10. The summed E-state index contributed by atoms with van der Waals surface area (Å²) in [6.45, 7) is 0.00488. The van der Waals surface area contributed by atoms with Crippen molar-refractivity contribution < 1.29 is 9.84 Å². The number of fused-ring (bicyclic) bond motifs is 1. The minimum Gasteiger partial charge on any atom is -0.393 e. The predicted molar refractivity (Wildman–Crippen MR) is 63.2 cm³/mol. The fourth-order valence-electron chi connectivity index (χ4n) is 1.77. The Morgan fingerprint density at radius 3 is 3.18 bits per heavy atom. The minimum absolute atomic E-state index is 0.00488. The van der Waals surface area contributed by atoms with Gasteiger partial charge in [0.1, 0.15) is 23.5 Å². The Kier molecular flexibility index (Phi) is 2.61. The van der Waals surface area contributed by atoms with Gasteiger partial charge in [-0.15, -0.1) is 11.8 Å². The van der Waals surface area contributed by atoms with Crippen LogP contribution in [0.25, 0.3) is 11.2 Å². The highest BCUT2D eigenvalue weighted by atomic mass is 32.2. The number of aromatic nitrogens is 4. The lowest BCUT2D eigenvalue weighted by Gasteiger charge is -2.12. The molecule has 2 aromatic rings. The quantitative estimate of drug-likeness (QED) is 0.776. The molecule has 8 heteroatoms. The van der Waals surface area contributed by atoms with Gasteiger partial charge in [0.15, 0.2) is 11.5 Å². The second-order valence-electron chi connectivity index (χ2n) is 3.62. The van der Waals surface area contributed by atoms with Crippen LogP contribution in [0.15, 0.2) is 12.7 Å². The molecule has 1 saturated heterocycles. The number of imidazole rings is 1. The smallest absolute Gasteiger partial charge is 0.167 e. The first kappa shape index (κ1) is 10.8. The van der Waals surface area contributed by atoms with Crippen LogP contribution in [0, 0.1) is 0 Å². The van der Waals surface area contributed by atoms with Crippen LogP contribution in [0.3, 0.4) is 0 Å². The number of hydrogen-bond acceptors (Lipinski definition) is 7. The Hall–Kier alpha value is -1.38. The van der Waals surface area contributed by atoms with Gasteiger partial charge in [-0.3, -0.25) is 4.57 Å². The van der Waals surface area contributed by atoms with Crippen molar-refractivity contribution in [2.75, 3.05) is 18.1 Å². The Balaban J connectivity index is 1.99. The summed E-state index contributed by atoms with van der Waals surface area (Å²) < 4.78 is 7.45. The van der Waals surface area contributed by atoms with E-state index >= 15 is 0 Å². The van der Waals surface area contributed by atoms with E-state index in [4.69, 9.17) is 15.6 Å². The largest absolute Gasteiger partial charge is 0.393 e. The van der Waals surface area contributed by atoms with Crippen LogP contribution >= 0.6 is 11.8 Å². The summed E-state index contributed by atoms with van der Waals surface area (Å²) in [5.74, 6) is 1.11. The summed E-state index contributed by atoms with van der Waals surface area (Å²) in [6.07, 6.45) is 2.87. The molecular formula is C9H11N5O2S. The van der Waals surface area contributed by atoms with Crippen LogP contribution in [0.1, 0.15) is 6.23 Å². The average molecular weight is 253 g/mol. The third-order valence-corrected chi connectivity index (χ3v) is 3.69. The summed E-state index contributed by atoms with van der Waals surface area (Å²) >= 11 is 1.57. The van der Waals surface area contributed by atoms with Crippen molar-refractivity contribution in [2.24, 2.45) is 0 Å². The lowest BCUT2D eigenvalue weighted by atomic mass is 10.5. The zero-order valence-electron chi connectivity index (χ0n) is 8.85. The number of nitrogen functional groups attached to an aromatic ring is 1. The maximum Gasteiger partial charge on any atom is 0.167 e. The molecule has 0 amide bonds. The van der Waals surface area contributed by atoms with Gasteiger partial charge in [0.05, 0.1) is 12.9 Å². The van der Waals surface area contributed by atoms with Crippen LogP contribution < -0.4 is 5.73 Å². The zero-order chi connectivity index (χ0) is 11.8. The summed E-state index contributed by atoms with van der Waals surface area (Å²) in [6, 6.07) is 0. The monoisotopic (exact) mass is 253 g/mol. The SMILES string of the molecule is Nc1ncnc2c1ncn2[C@@H]1CS[C@H](CO)O1. The van der Waals surface area contributed by atoms with Crippen molar-refractivity contribution in [1.82, 2.24) is 19.5 Å². The molecule has 0 radical (unpaired) electrons. The molecule has 2 atom stereocenters. The summed E-state index contributed by atoms with van der Waals surface area (Å²) in [7, 11) is 0. The second-order valence-corrected chi connectivity index (χ2v) is 4.81. The Bertz CT molecular complexity index is 545. The van der Waals surface area contributed by atoms with Gasteiger partial charge in [-0.1, -0.05) is 0 Å². The number of thioether (sulfide) groups is 1. The maximum atomic E-state index is 9.02. The molecular weight excluding hydrogens is 242 g/mol. The third kappa shape index (κ3) is 1.74. The van der Waals surface area contributed by atoms with E-state index in [9.17, 15) is 0 Å². The van der Waals surface area contributed by atoms with E-state index in [1.54, 1.807) is 18.1 Å². The number of ether oxygens (including phenoxy) is 1. The molecule has 90 valence electrons. The lowest BCUT2D eigenvalue weighted by molar-refractivity contribution is -0.00190. The number of hydrogen-bond donors (Lipinski definition) is 2. The molecule has 0 aliphatic carbocycles. The lowest BCUT2D eigenvalue weighted by Crippen LogP contribution is -2.14. The normalized spacial score (nSPS) is 24.5. The molecule has 0 aromatic carbocycles. The standard InChI is InChI=1S/C9H11N5O2S/c10-8-7-9(12-3-11-8)14(4-13-7)5-2-17-6(1-15)16-5/h3-6,15H,1-2H2,(H2,10,11,12)/t5-,6+/m0/s1. The molecule has 0 bridgehead atoms. The fraction of sp³-hybridized carbons (Fsp3) is 0.444. The van der Waals surface area contributed by atoms with Crippen molar-refractivity contribution >= 4 is 28.7 Å². The second kappa shape index (κ2) is 4.13. The first-order valence-corrected chi connectivity index (χ1v) is 6.15. The molecule has 0 saturated carbocycles. The van der Waals surface area contributed by atoms with Crippen molar-refractivity contribution in [3.05, 3.63) is 12.7 Å². The summed E-state index contributed by atoms with van der Waals surface area (Å²) in [5, 5.41) is 9.02. The van der Waals surface area contributed by atoms with Gasteiger partial charge in [-0.25, -0.2) is 15.0 Å². The fourth-order valence-corrected chi connectivity index (χ4v) is 2.70. The van der Waals surface area contributed by atoms with Gasteiger partial charge in [0.2, 0.25) is 0 Å². The van der Waals surface area contributed by atoms with Crippen molar-refractivity contribution in [3.63, 3.8) is 0 Å². The molecule has 0 spiro atoms. The molecule has 1 aliphatic heterocycles. The highest BCUT2D eigenvalue weighted by Crippen LogP contribution is 2.33. The Labute approximate surface area is 101 Å². The van der Waals surface area contributed by atoms with Gasteiger partial charge in [-0.05, 0) is 0 Å². The van der Waals surface area contributed by atoms with Crippen LogP contribution in [-0.4, -0.2) is 42.4 Å². The number of aliphatic hydroxyl groups is 1. The van der Waals surface area contributed by atoms with Crippen molar-refractivity contribution in [1.29, 1.82) is 0 Å². The number of nitrogens with zero attached hydrogens (tertiary/aromatic N) is 4. The van der Waals surface area contributed by atoms with E-state index in [1.807, 2.05) is 4.57 Å². The van der Waals surface area contributed by atoms with E-state index in [-0.39, 0.29) is 18.3 Å². The van der Waals surface area contributed by atoms with E-state index in [2.05, 4.69) is 15.0 Å². The van der Waals surface area contributed by atoms with Crippen LogP contribution in [0.5, 0.6) is 0 Å². The zero-order valence-corrected chi connectivity index (χ0v) is 9.67. The van der Waals surface area contributed by atoms with E-state index < -0.39 is 0 Å². The topological polar surface area (TPSA) is 99.1 Å². The van der Waals surface area contributed by atoms with E-state index in [0.29, 0.717) is 17.0 Å². The molecule has 1 aliphatic rings. The van der Waals surface area contributed by atoms with Crippen LogP contribution in [0.2, 0.25) is 0 Å². The molecule has 3 rings (SSSR count). The van der Waals surface area contributed by atoms with E-state index in [1.165, 1.54) is 6.33 Å². The maximum absolute atomic E-state index is 9.02. The van der Waals surface area contributed by atoms with Gasteiger partial charge >= 0.3 is 0 Å². The number of nitrogens with two attached hydrogens (primary N) is 1. The average Bonchev–Trinajstić information content (AvgIpc) is 2.94.